The van der Waals surface area contributed by atoms with Gasteiger partial charge in [0.05, 0.1) is 17.4 Å². The lowest BCUT2D eigenvalue weighted by Crippen LogP contribution is -2.18. The van der Waals surface area contributed by atoms with Gasteiger partial charge in [0.2, 0.25) is 5.13 Å². The summed E-state index contributed by atoms with van der Waals surface area (Å²) in [5.74, 6) is 0. The van der Waals surface area contributed by atoms with Gasteiger partial charge in [-0.1, -0.05) is 65.7 Å². The van der Waals surface area contributed by atoms with E-state index in [-0.39, 0.29) is 6.04 Å². The van der Waals surface area contributed by atoms with Crippen molar-refractivity contribution < 1.29 is 0 Å². The van der Waals surface area contributed by atoms with Crippen LogP contribution in [-0.2, 0) is 0 Å². The number of halogens is 1. The summed E-state index contributed by atoms with van der Waals surface area (Å²) in [6.07, 6.45) is 0.823. The van der Waals surface area contributed by atoms with Crippen molar-refractivity contribution in [2.45, 2.75) is 33.2 Å². The second kappa shape index (κ2) is 8.53. The summed E-state index contributed by atoms with van der Waals surface area (Å²) in [4.78, 5) is 4.98. The normalized spacial score (nSPS) is 15.8. The molecule has 0 saturated carbocycles. The van der Waals surface area contributed by atoms with E-state index in [1.807, 2.05) is 12.1 Å². The van der Waals surface area contributed by atoms with E-state index in [2.05, 4.69) is 85.8 Å². The monoisotopic (exact) mass is 457 g/mol. The Morgan fingerprint density at radius 1 is 0.875 bits per heavy atom. The average molecular weight is 458 g/mol. The summed E-state index contributed by atoms with van der Waals surface area (Å²) in [5, 5.41) is 10.9. The number of thiazole rings is 1. The number of hydrogen-bond acceptors (Lipinski definition) is 4. The number of nitrogens with zero attached hydrogens (tertiary/aromatic N) is 3. The van der Waals surface area contributed by atoms with Crippen molar-refractivity contribution in [3.63, 3.8) is 0 Å². The van der Waals surface area contributed by atoms with E-state index in [0.717, 1.165) is 39.1 Å². The van der Waals surface area contributed by atoms with Crippen molar-refractivity contribution in [1.29, 1.82) is 0 Å². The number of aromatic nitrogens is 1. The van der Waals surface area contributed by atoms with Crippen molar-refractivity contribution in [3.05, 3.63) is 105 Å². The molecule has 4 aromatic rings. The molecule has 0 radical (unpaired) electrons. The van der Waals surface area contributed by atoms with Gasteiger partial charge in [0.1, 0.15) is 0 Å². The first kappa shape index (κ1) is 20.9. The predicted molar refractivity (Wildman–Crippen MR) is 136 cm³/mol. The van der Waals surface area contributed by atoms with Crippen molar-refractivity contribution >= 4 is 33.8 Å². The van der Waals surface area contributed by atoms with Crippen LogP contribution in [0.25, 0.3) is 11.3 Å². The van der Waals surface area contributed by atoms with Gasteiger partial charge in [-0.2, -0.15) is 5.10 Å². The van der Waals surface area contributed by atoms with Gasteiger partial charge in [0.25, 0.3) is 0 Å². The molecule has 1 aliphatic heterocycles. The minimum Gasteiger partial charge on any atom is -0.231 e. The largest absolute Gasteiger partial charge is 0.231 e. The number of anilines is 1. The van der Waals surface area contributed by atoms with Crippen LogP contribution in [0.5, 0.6) is 0 Å². The Balaban J connectivity index is 1.53. The van der Waals surface area contributed by atoms with Gasteiger partial charge < -0.3 is 0 Å². The Morgan fingerprint density at radius 2 is 1.59 bits per heavy atom. The van der Waals surface area contributed by atoms with Gasteiger partial charge >= 0.3 is 0 Å². The summed E-state index contributed by atoms with van der Waals surface area (Å²) >= 11 is 7.79. The minimum atomic E-state index is 0.0855. The number of hydrogen-bond donors (Lipinski definition) is 0. The first-order chi connectivity index (χ1) is 15.5. The van der Waals surface area contributed by atoms with Crippen LogP contribution in [0.2, 0.25) is 5.02 Å². The molecule has 0 unspecified atom stereocenters. The third-order valence-corrected chi connectivity index (χ3v) is 7.12. The second-order valence-electron chi connectivity index (χ2n) is 8.34. The minimum absolute atomic E-state index is 0.0855. The first-order valence-electron chi connectivity index (χ1n) is 10.7. The SMILES string of the molecule is Cc1ccc(C2=NN(c3nc(-c4ccc(C)c(C)c4)cs3)[C@@H](c3ccc(Cl)cc3)C2)cc1. The lowest BCUT2D eigenvalue weighted by molar-refractivity contribution is 0.706. The van der Waals surface area contributed by atoms with Crippen LogP contribution in [0, 0.1) is 20.8 Å². The highest BCUT2D eigenvalue weighted by molar-refractivity contribution is 7.14. The van der Waals surface area contributed by atoms with E-state index >= 15 is 0 Å². The molecule has 160 valence electrons. The fourth-order valence-corrected chi connectivity index (χ4v) is 4.91. The predicted octanol–water partition coefficient (Wildman–Crippen LogP) is 7.74. The zero-order valence-electron chi connectivity index (χ0n) is 18.3. The fourth-order valence-electron chi connectivity index (χ4n) is 3.95. The topological polar surface area (TPSA) is 28.5 Å². The van der Waals surface area contributed by atoms with Gasteiger partial charge in [-0.25, -0.2) is 9.99 Å². The van der Waals surface area contributed by atoms with E-state index in [1.54, 1.807) is 11.3 Å². The number of benzene rings is 3. The fraction of sp³-hybridized carbons (Fsp3) is 0.185. The van der Waals surface area contributed by atoms with E-state index in [9.17, 15) is 0 Å². The highest BCUT2D eigenvalue weighted by atomic mass is 35.5. The maximum absolute atomic E-state index is 6.15. The molecule has 5 heteroatoms. The molecule has 0 spiro atoms. The molecule has 0 aliphatic carbocycles. The Kier molecular flexibility index (Phi) is 5.58. The number of aryl methyl sites for hydroxylation is 3. The maximum Gasteiger partial charge on any atom is 0.207 e. The summed E-state index contributed by atoms with van der Waals surface area (Å²) in [6.45, 7) is 6.38. The number of rotatable bonds is 4. The van der Waals surface area contributed by atoms with Crippen LogP contribution < -0.4 is 5.01 Å². The standard InChI is InChI=1S/C27H24ClN3S/c1-17-4-7-20(8-5-17)24-15-26(21-10-12-23(28)13-11-21)31(30-24)27-29-25(16-32-27)22-9-6-18(2)19(3)14-22/h4-14,16,26H,15H2,1-3H3/t26-/m1/s1. The van der Waals surface area contributed by atoms with Crippen molar-refractivity contribution in [2.75, 3.05) is 5.01 Å². The van der Waals surface area contributed by atoms with Crippen LogP contribution in [0.4, 0.5) is 5.13 Å². The molecule has 1 aromatic heterocycles. The molecular formula is C27H24ClN3S. The average Bonchev–Trinajstić information content (AvgIpc) is 3.44. The van der Waals surface area contributed by atoms with Crippen LogP contribution >= 0.6 is 22.9 Å². The first-order valence-corrected chi connectivity index (χ1v) is 12.0. The van der Waals surface area contributed by atoms with Crippen molar-refractivity contribution in [1.82, 2.24) is 4.98 Å². The molecular weight excluding hydrogens is 434 g/mol. The Labute approximate surface area is 198 Å². The number of hydrazone groups is 1. The molecule has 1 aliphatic rings. The summed E-state index contributed by atoms with van der Waals surface area (Å²) < 4.78 is 0. The third kappa shape index (κ3) is 4.08. The summed E-state index contributed by atoms with van der Waals surface area (Å²) in [7, 11) is 0. The van der Waals surface area contributed by atoms with E-state index in [4.69, 9.17) is 21.7 Å². The molecule has 1 atom stereocenters. The maximum atomic E-state index is 6.15. The van der Waals surface area contributed by atoms with Gasteiger partial charge in [0, 0.05) is 22.4 Å². The van der Waals surface area contributed by atoms with Gasteiger partial charge in [-0.05, 0) is 61.2 Å². The summed E-state index contributed by atoms with van der Waals surface area (Å²) in [6, 6.07) is 23.2. The Morgan fingerprint density at radius 3 is 2.31 bits per heavy atom. The molecule has 0 saturated heterocycles. The zero-order chi connectivity index (χ0) is 22.2. The van der Waals surface area contributed by atoms with Crippen LogP contribution in [-0.4, -0.2) is 10.7 Å². The molecule has 0 bridgehead atoms. The lowest BCUT2D eigenvalue weighted by atomic mass is 9.98. The third-order valence-electron chi connectivity index (χ3n) is 6.04. The van der Waals surface area contributed by atoms with Crippen LogP contribution in [0.3, 0.4) is 0 Å². The highest BCUT2D eigenvalue weighted by Crippen LogP contribution is 2.39. The van der Waals surface area contributed by atoms with Gasteiger partial charge in [-0.3, -0.25) is 0 Å². The second-order valence-corrected chi connectivity index (χ2v) is 9.62. The lowest BCUT2D eigenvalue weighted by Gasteiger charge is -2.21. The molecule has 5 rings (SSSR count). The summed E-state index contributed by atoms with van der Waals surface area (Å²) in [5.41, 5.74) is 9.36. The molecule has 0 N–H and O–H groups in total. The smallest absolute Gasteiger partial charge is 0.207 e. The molecule has 0 fully saturated rings. The van der Waals surface area contributed by atoms with Crippen LogP contribution in [0.1, 0.15) is 40.3 Å². The van der Waals surface area contributed by atoms with E-state index in [0.29, 0.717) is 0 Å². The molecule has 0 amide bonds. The Hall–Kier alpha value is -2.95. The molecule has 2 heterocycles. The Bertz CT molecular complexity index is 1290. The van der Waals surface area contributed by atoms with Gasteiger partial charge in [-0.15, -0.1) is 11.3 Å². The van der Waals surface area contributed by atoms with Crippen molar-refractivity contribution in [2.24, 2.45) is 5.10 Å². The van der Waals surface area contributed by atoms with Gasteiger partial charge in [0.15, 0.2) is 0 Å². The molecule has 3 aromatic carbocycles. The van der Waals surface area contributed by atoms with E-state index < -0.39 is 0 Å². The van der Waals surface area contributed by atoms with Crippen molar-refractivity contribution in [3.8, 4) is 11.3 Å². The zero-order valence-corrected chi connectivity index (χ0v) is 19.9. The quantitative estimate of drug-likeness (QED) is 0.313. The molecule has 3 nitrogen and oxygen atoms in total. The van der Waals surface area contributed by atoms with E-state index in [1.165, 1.54) is 22.3 Å². The highest BCUT2D eigenvalue weighted by Gasteiger charge is 2.31. The van der Waals surface area contributed by atoms with Crippen LogP contribution in [0.15, 0.2) is 77.2 Å². The molecule has 32 heavy (non-hydrogen) atoms.